The van der Waals surface area contributed by atoms with Gasteiger partial charge >= 0.3 is 6.03 Å². The van der Waals surface area contributed by atoms with Gasteiger partial charge < -0.3 is 10.4 Å². The highest BCUT2D eigenvalue weighted by molar-refractivity contribution is 7.78. The number of hydrogen-bond acceptors (Lipinski definition) is 3. The van der Waals surface area contributed by atoms with Crippen molar-refractivity contribution in [2.75, 3.05) is 12.4 Å². The molecule has 0 saturated heterocycles. The van der Waals surface area contributed by atoms with Gasteiger partial charge in [0, 0.05) is 12.7 Å². The SMILES string of the molecule is CN(S)C(=O)Nc1ccc(O)cc1. The Morgan fingerprint density at radius 1 is 1.46 bits per heavy atom. The molecule has 0 heterocycles. The molecular weight excluding hydrogens is 188 g/mol. The van der Waals surface area contributed by atoms with E-state index in [0.717, 1.165) is 4.31 Å². The number of anilines is 1. The Morgan fingerprint density at radius 2 is 2.00 bits per heavy atom. The molecule has 0 atom stereocenters. The van der Waals surface area contributed by atoms with Gasteiger partial charge in [-0.3, -0.25) is 4.31 Å². The maximum Gasteiger partial charge on any atom is 0.331 e. The van der Waals surface area contributed by atoms with Crippen LogP contribution in [-0.4, -0.2) is 22.5 Å². The highest BCUT2D eigenvalue weighted by atomic mass is 32.1. The van der Waals surface area contributed by atoms with Crippen LogP contribution in [0.5, 0.6) is 5.75 Å². The van der Waals surface area contributed by atoms with Gasteiger partial charge in [0.25, 0.3) is 0 Å². The van der Waals surface area contributed by atoms with Crippen molar-refractivity contribution >= 4 is 24.5 Å². The number of nitrogens with one attached hydrogen (secondary N) is 1. The van der Waals surface area contributed by atoms with E-state index in [1.165, 1.54) is 19.2 Å². The van der Waals surface area contributed by atoms with Crippen molar-refractivity contribution in [3.63, 3.8) is 0 Å². The molecule has 5 heteroatoms. The van der Waals surface area contributed by atoms with Crippen molar-refractivity contribution in [2.45, 2.75) is 0 Å². The molecule has 13 heavy (non-hydrogen) atoms. The van der Waals surface area contributed by atoms with Crippen molar-refractivity contribution < 1.29 is 9.90 Å². The van der Waals surface area contributed by atoms with Gasteiger partial charge in [-0.15, -0.1) is 0 Å². The van der Waals surface area contributed by atoms with Crippen LogP contribution in [0.3, 0.4) is 0 Å². The van der Waals surface area contributed by atoms with Crippen LogP contribution in [0.1, 0.15) is 0 Å². The molecule has 0 fully saturated rings. The zero-order chi connectivity index (χ0) is 9.84. The Kier molecular flexibility index (Phi) is 3.02. The fraction of sp³-hybridized carbons (Fsp3) is 0.125. The van der Waals surface area contributed by atoms with Gasteiger partial charge in [0.2, 0.25) is 0 Å². The molecule has 1 aromatic rings. The summed E-state index contributed by atoms with van der Waals surface area (Å²) in [4.78, 5) is 11.1. The van der Waals surface area contributed by atoms with Crippen LogP contribution in [0.4, 0.5) is 10.5 Å². The van der Waals surface area contributed by atoms with Gasteiger partial charge in [-0.2, -0.15) is 0 Å². The predicted molar refractivity (Wildman–Crippen MR) is 53.9 cm³/mol. The number of carbonyl (C=O) groups excluding carboxylic acids is 1. The molecule has 1 rings (SSSR count). The molecule has 0 saturated carbocycles. The first-order valence-corrected chi connectivity index (χ1v) is 4.02. The molecule has 2 N–H and O–H groups in total. The number of urea groups is 1. The van der Waals surface area contributed by atoms with E-state index < -0.39 is 0 Å². The van der Waals surface area contributed by atoms with Crippen LogP contribution < -0.4 is 5.32 Å². The quantitative estimate of drug-likeness (QED) is 0.475. The highest BCUT2D eigenvalue weighted by Gasteiger charge is 2.03. The largest absolute Gasteiger partial charge is 0.508 e. The van der Waals surface area contributed by atoms with E-state index in [4.69, 9.17) is 5.11 Å². The number of carbonyl (C=O) groups is 1. The number of nitrogens with zero attached hydrogens (tertiary/aromatic N) is 1. The first-order valence-electron chi connectivity index (χ1n) is 3.62. The summed E-state index contributed by atoms with van der Waals surface area (Å²) < 4.78 is 1.13. The fourth-order valence-corrected chi connectivity index (χ4v) is 0.799. The van der Waals surface area contributed by atoms with Gasteiger partial charge in [-0.1, -0.05) is 12.8 Å². The van der Waals surface area contributed by atoms with Crippen LogP contribution >= 0.6 is 12.8 Å². The van der Waals surface area contributed by atoms with Crippen LogP contribution in [0.25, 0.3) is 0 Å². The number of thiol groups is 1. The molecule has 0 bridgehead atoms. The topological polar surface area (TPSA) is 52.6 Å². The van der Waals surface area contributed by atoms with Gasteiger partial charge in [0.1, 0.15) is 5.75 Å². The van der Waals surface area contributed by atoms with Crippen molar-refractivity contribution in [1.82, 2.24) is 4.31 Å². The first-order chi connectivity index (χ1) is 6.09. The predicted octanol–water partition coefficient (Wildman–Crippen LogP) is 1.70. The second kappa shape index (κ2) is 4.04. The van der Waals surface area contributed by atoms with E-state index in [0.29, 0.717) is 5.69 Å². The monoisotopic (exact) mass is 198 g/mol. The summed E-state index contributed by atoms with van der Waals surface area (Å²) in [5.41, 5.74) is 0.615. The Hall–Kier alpha value is -1.36. The third-order valence-corrected chi connectivity index (χ3v) is 1.59. The Labute approximate surface area is 81.7 Å². The van der Waals surface area contributed by atoms with Crippen LogP contribution in [0.15, 0.2) is 24.3 Å². The molecular formula is C8H10N2O2S. The van der Waals surface area contributed by atoms with Gasteiger partial charge in [-0.05, 0) is 24.3 Å². The Balaban J connectivity index is 2.65. The number of phenols is 1. The summed E-state index contributed by atoms with van der Waals surface area (Å²) in [5.74, 6) is 0.164. The lowest BCUT2D eigenvalue weighted by molar-refractivity contribution is 0.243. The van der Waals surface area contributed by atoms with E-state index in [9.17, 15) is 4.79 Å². The Morgan fingerprint density at radius 3 is 2.46 bits per heavy atom. The lowest BCUT2D eigenvalue weighted by Gasteiger charge is -2.10. The molecule has 4 nitrogen and oxygen atoms in total. The standard InChI is InChI=1S/C8H10N2O2S/c1-10(13)8(12)9-6-2-4-7(11)5-3-6/h2-5,11,13H,1H3,(H,9,12). The minimum absolute atomic E-state index is 0.164. The number of hydrogen-bond donors (Lipinski definition) is 3. The highest BCUT2D eigenvalue weighted by Crippen LogP contribution is 2.13. The maximum absolute atomic E-state index is 11.1. The van der Waals surface area contributed by atoms with Gasteiger partial charge in [0.15, 0.2) is 0 Å². The van der Waals surface area contributed by atoms with Gasteiger partial charge in [0.05, 0.1) is 0 Å². The third kappa shape index (κ3) is 2.87. The van der Waals surface area contributed by atoms with Gasteiger partial charge in [-0.25, -0.2) is 4.79 Å². The lowest BCUT2D eigenvalue weighted by atomic mass is 10.3. The number of amides is 2. The smallest absolute Gasteiger partial charge is 0.331 e. The third-order valence-electron chi connectivity index (χ3n) is 1.41. The molecule has 1 aromatic carbocycles. The molecule has 0 aromatic heterocycles. The average Bonchev–Trinajstić information content (AvgIpc) is 2.08. The van der Waals surface area contributed by atoms with E-state index in [-0.39, 0.29) is 11.8 Å². The molecule has 70 valence electrons. The fourth-order valence-electron chi connectivity index (χ4n) is 0.749. The molecule has 0 aliphatic carbocycles. The zero-order valence-corrected chi connectivity index (χ0v) is 7.95. The zero-order valence-electron chi connectivity index (χ0n) is 7.06. The summed E-state index contributed by atoms with van der Waals surface area (Å²) in [5, 5.41) is 11.5. The van der Waals surface area contributed by atoms with E-state index >= 15 is 0 Å². The number of aromatic hydroxyl groups is 1. The first kappa shape index (κ1) is 9.73. The van der Waals surface area contributed by atoms with Crippen molar-refractivity contribution in [1.29, 1.82) is 0 Å². The Bertz CT molecular complexity index is 298. The second-order valence-electron chi connectivity index (χ2n) is 2.50. The molecule has 0 aliphatic rings. The van der Waals surface area contributed by atoms with E-state index in [2.05, 4.69) is 18.1 Å². The number of phenolic OH excluding ortho intramolecular Hbond substituents is 1. The van der Waals surface area contributed by atoms with Crippen LogP contribution in [0.2, 0.25) is 0 Å². The molecule has 0 radical (unpaired) electrons. The lowest BCUT2D eigenvalue weighted by Crippen LogP contribution is -2.22. The number of benzene rings is 1. The molecule has 0 aliphatic heterocycles. The van der Waals surface area contributed by atoms with Crippen molar-refractivity contribution in [3.05, 3.63) is 24.3 Å². The van der Waals surface area contributed by atoms with Crippen LogP contribution in [-0.2, 0) is 0 Å². The van der Waals surface area contributed by atoms with E-state index in [1.807, 2.05) is 0 Å². The molecule has 2 amide bonds. The van der Waals surface area contributed by atoms with Crippen LogP contribution in [0, 0.1) is 0 Å². The minimum Gasteiger partial charge on any atom is -0.508 e. The van der Waals surface area contributed by atoms with E-state index in [1.54, 1.807) is 12.1 Å². The summed E-state index contributed by atoms with van der Waals surface area (Å²) >= 11 is 3.82. The molecule has 0 spiro atoms. The summed E-state index contributed by atoms with van der Waals surface area (Å²) in [6.45, 7) is 0. The summed E-state index contributed by atoms with van der Waals surface area (Å²) in [6, 6.07) is 5.87. The second-order valence-corrected chi connectivity index (χ2v) is 3.10. The number of rotatable bonds is 1. The molecule has 0 unspecified atom stereocenters. The maximum atomic E-state index is 11.1. The summed E-state index contributed by atoms with van der Waals surface area (Å²) in [7, 11) is 1.53. The minimum atomic E-state index is -0.325. The van der Waals surface area contributed by atoms with Crippen molar-refractivity contribution in [2.24, 2.45) is 0 Å². The van der Waals surface area contributed by atoms with Crippen molar-refractivity contribution in [3.8, 4) is 5.75 Å². The average molecular weight is 198 g/mol. The summed E-state index contributed by atoms with van der Waals surface area (Å²) in [6.07, 6.45) is 0. The normalized spacial score (nSPS) is 9.38.